The molecular formula is C23H31NO2. The van der Waals surface area contributed by atoms with Crippen molar-refractivity contribution >= 4 is 12.0 Å². The summed E-state index contributed by atoms with van der Waals surface area (Å²) in [6.07, 6.45) is 6.87. The number of benzene rings is 2. The molecule has 3 nitrogen and oxygen atoms in total. The zero-order chi connectivity index (χ0) is 18.6. The Balaban J connectivity index is 2.14. The zero-order valence-electron chi connectivity index (χ0n) is 16.1. The standard InChI is InChI=1S/C23H31NO2/c1-3-5-10-16-24(15-6-4-2)22-14-13-21(18-25)23(17-22)26-19-20-11-8-7-9-12-20/h7-9,11-14,17-18H,3-6,10,15-16,19H2,1-2H3. The van der Waals surface area contributed by atoms with Crippen molar-refractivity contribution in [2.24, 2.45) is 0 Å². The Labute approximate surface area is 158 Å². The number of rotatable bonds is 12. The summed E-state index contributed by atoms with van der Waals surface area (Å²) in [5.41, 5.74) is 2.84. The van der Waals surface area contributed by atoms with Crippen molar-refractivity contribution in [3.63, 3.8) is 0 Å². The van der Waals surface area contributed by atoms with Gasteiger partial charge in [-0.05, 0) is 30.5 Å². The van der Waals surface area contributed by atoms with E-state index in [1.165, 1.54) is 32.1 Å². The Hall–Kier alpha value is -2.29. The molecular weight excluding hydrogens is 322 g/mol. The van der Waals surface area contributed by atoms with Gasteiger partial charge < -0.3 is 9.64 Å². The van der Waals surface area contributed by atoms with Gasteiger partial charge in [-0.15, -0.1) is 0 Å². The molecule has 0 spiro atoms. The quantitative estimate of drug-likeness (QED) is 0.353. The molecule has 0 aliphatic heterocycles. The topological polar surface area (TPSA) is 29.5 Å². The highest BCUT2D eigenvalue weighted by atomic mass is 16.5. The second-order valence-corrected chi connectivity index (χ2v) is 6.66. The Morgan fingerprint density at radius 3 is 2.35 bits per heavy atom. The van der Waals surface area contributed by atoms with Crippen LogP contribution in [-0.4, -0.2) is 19.4 Å². The molecule has 0 fully saturated rings. The van der Waals surface area contributed by atoms with Crippen molar-refractivity contribution in [3.05, 3.63) is 59.7 Å². The van der Waals surface area contributed by atoms with Crippen LogP contribution in [0, 0.1) is 0 Å². The molecule has 0 aliphatic rings. The fourth-order valence-corrected chi connectivity index (χ4v) is 2.95. The highest BCUT2D eigenvalue weighted by molar-refractivity contribution is 5.80. The second-order valence-electron chi connectivity index (χ2n) is 6.66. The molecule has 0 unspecified atom stereocenters. The van der Waals surface area contributed by atoms with E-state index in [-0.39, 0.29) is 0 Å². The van der Waals surface area contributed by atoms with Crippen LogP contribution in [0.3, 0.4) is 0 Å². The predicted octanol–water partition coefficient (Wildman–Crippen LogP) is 5.87. The monoisotopic (exact) mass is 353 g/mol. The van der Waals surface area contributed by atoms with Crippen molar-refractivity contribution in [2.75, 3.05) is 18.0 Å². The molecule has 26 heavy (non-hydrogen) atoms. The lowest BCUT2D eigenvalue weighted by atomic mass is 10.1. The third-order valence-corrected chi connectivity index (χ3v) is 4.54. The Morgan fingerprint density at radius 1 is 0.923 bits per heavy atom. The molecule has 3 heteroatoms. The lowest BCUT2D eigenvalue weighted by Crippen LogP contribution is -2.25. The van der Waals surface area contributed by atoms with Crippen LogP contribution in [0.1, 0.15) is 61.9 Å². The number of nitrogens with zero attached hydrogens (tertiary/aromatic N) is 1. The minimum Gasteiger partial charge on any atom is -0.488 e. The molecule has 0 radical (unpaired) electrons. The van der Waals surface area contributed by atoms with E-state index in [1.807, 2.05) is 48.5 Å². The van der Waals surface area contributed by atoms with Gasteiger partial charge in [-0.2, -0.15) is 0 Å². The molecule has 2 rings (SSSR count). The van der Waals surface area contributed by atoms with Crippen molar-refractivity contribution < 1.29 is 9.53 Å². The molecule has 2 aromatic carbocycles. The number of carbonyl (C=O) groups excluding carboxylic acids is 1. The predicted molar refractivity (Wildman–Crippen MR) is 109 cm³/mol. The molecule has 0 heterocycles. The van der Waals surface area contributed by atoms with E-state index in [1.54, 1.807) is 0 Å². The van der Waals surface area contributed by atoms with Crippen LogP contribution in [0.2, 0.25) is 0 Å². The van der Waals surface area contributed by atoms with Gasteiger partial charge in [-0.3, -0.25) is 4.79 Å². The van der Waals surface area contributed by atoms with E-state index in [0.29, 0.717) is 17.9 Å². The minimum absolute atomic E-state index is 0.468. The number of aldehydes is 1. The largest absolute Gasteiger partial charge is 0.488 e. The molecule has 0 aliphatic carbocycles. The number of ether oxygens (including phenoxy) is 1. The van der Waals surface area contributed by atoms with E-state index < -0.39 is 0 Å². The molecule has 0 bridgehead atoms. The average molecular weight is 354 g/mol. The van der Waals surface area contributed by atoms with E-state index in [4.69, 9.17) is 4.74 Å². The average Bonchev–Trinajstić information content (AvgIpc) is 2.69. The normalized spacial score (nSPS) is 10.5. The maximum absolute atomic E-state index is 11.4. The fraction of sp³-hybridized carbons (Fsp3) is 0.435. The first kappa shape index (κ1) is 20.0. The first-order valence-electron chi connectivity index (χ1n) is 9.79. The molecule has 0 saturated carbocycles. The summed E-state index contributed by atoms with van der Waals surface area (Å²) in [7, 11) is 0. The van der Waals surface area contributed by atoms with Crippen LogP contribution >= 0.6 is 0 Å². The van der Waals surface area contributed by atoms with Crippen molar-refractivity contribution in [3.8, 4) is 5.75 Å². The molecule has 0 atom stereocenters. The van der Waals surface area contributed by atoms with Crippen LogP contribution in [-0.2, 0) is 6.61 Å². The summed E-state index contributed by atoms with van der Waals surface area (Å²) < 4.78 is 5.98. The molecule has 140 valence electrons. The summed E-state index contributed by atoms with van der Waals surface area (Å²) in [5, 5.41) is 0. The summed E-state index contributed by atoms with van der Waals surface area (Å²) in [6.45, 7) is 7.00. The zero-order valence-corrected chi connectivity index (χ0v) is 16.1. The van der Waals surface area contributed by atoms with Crippen LogP contribution in [0.25, 0.3) is 0 Å². The number of unbranched alkanes of at least 4 members (excludes halogenated alkanes) is 3. The number of carbonyl (C=O) groups is 1. The van der Waals surface area contributed by atoms with Crippen molar-refractivity contribution in [2.45, 2.75) is 52.6 Å². The van der Waals surface area contributed by atoms with Crippen LogP contribution in [0.15, 0.2) is 48.5 Å². The molecule has 0 N–H and O–H groups in total. The summed E-state index contributed by atoms with van der Waals surface area (Å²) in [5.74, 6) is 0.665. The van der Waals surface area contributed by atoms with Gasteiger partial charge in [-0.1, -0.05) is 63.4 Å². The second kappa shape index (κ2) is 11.3. The number of hydrogen-bond acceptors (Lipinski definition) is 3. The van der Waals surface area contributed by atoms with Gasteiger partial charge >= 0.3 is 0 Å². The first-order valence-corrected chi connectivity index (χ1v) is 9.79. The molecule has 2 aromatic rings. The Bertz CT molecular complexity index is 655. The van der Waals surface area contributed by atoms with Crippen molar-refractivity contribution in [1.29, 1.82) is 0 Å². The molecule has 0 amide bonds. The van der Waals surface area contributed by atoms with E-state index >= 15 is 0 Å². The number of anilines is 1. The summed E-state index contributed by atoms with van der Waals surface area (Å²) >= 11 is 0. The third kappa shape index (κ3) is 6.21. The Kier molecular flexibility index (Phi) is 8.74. The van der Waals surface area contributed by atoms with Gasteiger partial charge in [-0.25, -0.2) is 0 Å². The lowest BCUT2D eigenvalue weighted by Gasteiger charge is -2.25. The summed E-state index contributed by atoms with van der Waals surface area (Å²) in [4.78, 5) is 13.8. The van der Waals surface area contributed by atoms with Gasteiger partial charge in [0.05, 0.1) is 5.56 Å². The highest BCUT2D eigenvalue weighted by Gasteiger charge is 2.11. The van der Waals surface area contributed by atoms with E-state index in [0.717, 1.165) is 30.6 Å². The van der Waals surface area contributed by atoms with Gasteiger partial charge in [0.1, 0.15) is 12.4 Å². The van der Waals surface area contributed by atoms with Crippen LogP contribution < -0.4 is 9.64 Å². The van der Waals surface area contributed by atoms with E-state index in [2.05, 4.69) is 18.7 Å². The third-order valence-electron chi connectivity index (χ3n) is 4.54. The molecule has 0 saturated heterocycles. The smallest absolute Gasteiger partial charge is 0.153 e. The van der Waals surface area contributed by atoms with Crippen molar-refractivity contribution in [1.82, 2.24) is 0 Å². The van der Waals surface area contributed by atoms with Gasteiger partial charge in [0, 0.05) is 24.8 Å². The summed E-state index contributed by atoms with van der Waals surface area (Å²) in [6, 6.07) is 16.0. The lowest BCUT2D eigenvalue weighted by molar-refractivity contribution is 0.111. The van der Waals surface area contributed by atoms with E-state index in [9.17, 15) is 4.79 Å². The van der Waals surface area contributed by atoms with Gasteiger partial charge in [0.25, 0.3) is 0 Å². The van der Waals surface area contributed by atoms with Gasteiger partial charge in [0.2, 0.25) is 0 Å². The first-order chi connectivity index (χ1) is 12.8. The molecule has 0 aromatic heterocycles. The maximum Gasteiger partial charge on any atom is 0.153 e. The van der Waals surface area contributed by atoms with Gasteiger partial charge in [0.15, 0.2) is 6.29 Å². The maximum atomic E-state index is 11.4. The minimum atomic E-state index is 0.468. The number of hydrogen-bond donors (Lipinski definition) is 0. The van der Waals surface area contributed by atoms with Crippen LogP contribution in [0.5, 0.6) is 5.75 Å². The fourth-order valence-electron chi connectivity index (χ4n) is 2.95. The SMILES string of the molecule is CCCCCN(CCCC)c1ccc(C=O)c(OCc2ccccc2)c1. The Morgan fingerprint density at radius 2 is 1.65 bits per heavy atom. The highest BCUT2D eigenvalue weighted by Crippen LogP contribution is 2.26. The van der Waals surface area contributed by atoms with Crippen LogP contribution in [0.4, 0.5) is 5.69 Å².